The summed E-state index contributed by atoms with van der Waals surface area (Å²) in [6.45, 7) is 5.14. The molecule has 0 aromatic heterocycles. The highest BCUT2D eigenvalue weighted by Gasteiger charge is 2.22. The summed E-state index contributed by atoms with van der Waals surface area (Å²) in [4.78, 5) is 58.4. The van der Waals surface area contributed by atoms with E-state index in [4.69, 9.17) is 0 Å². The van der Waals surface area contributed by atoms with Gasteiger partial charge < -0.3 is 0 Å². The van der Waals surface area contributed by atoms with Crippen LogP contribution in [0.4, 0.5) is 0 Å². The molecule has 4 amide bonds. The smallest absolute Gasteiger partial charge is 0.248 e. The van der Waals surface area contributed by atoms with Gasteiger partial charge in [-0.2, -0.15) is 0 Å². The summed E-state index contributed by atoms with van der Waals surface area (Å²) in [7, 11) is 14.1. The van der Waals surface area contributed by atoms with Crippen LogP contribution >= 0.6 is 0 Å². The Hall–Kier alpha value is -2.44. The van der Waals surface area contributed by atoms with Crippen LogP contribution in [-0.2, 0) is 19.2 Å². The van der Waals surface area contributed by atoms with Gasteiger partial charge in [0.15, 0.2) is 0 Å². The summed E-state index contributed by atoms with van der Waals surface area (Å²) in [5.74, 6) is -0.541. The Labute approximate surface area is 239 Å². The van der Waals surface area contributed by atoms with E-state index in [1.165, 1.54) is 0 Å². The van der Waals surface area contributed by atoms with E-state index in [1.54, 1.807) is 76.4 Å². The molecule has 1 saturated heterocycles. The molecule has 232 valence electrons. The Bertz CT molecular complexity index is 652. The number of nitrogens with zero attached hydrogens (tertiary/aromatic N) is 8. The van der Waals surface area contributed by atoms with Crippen molar-refractivity contribution in [1.29, 1.82) is 0 Å². The highest BCUT2D eigenvalue weighted by molar-refractivity contribution is 5.78. The second-order valence-corrected chi connectivity index (χ2v) is 10.8. The molecule has 1 rings (SSSR count). The van der Waals surface area contributed by atoms with Crippen molar-refractivity contribution in [3.05, 3.63) is 0 Å². The average Bonchev–Trinajstić information content (AvgIpc) is 2.78. The third-order valence-electron chi connectivity index (χ3n) is 5.79. The fourth-order valence-corrected chi connectivity index (χ4v) is 4.16. The zero-order valence-corrected chi connectivity index (χ0v) is 25.7. The predicted molar refractivity (Wildman–Crippen MR) is 153 cm³/mol. The summed E-state index contributed by atoms with van der Waals surface area (Å²) >= 11 is 0. The van der Waals surface area contributed by atoms with Gasteiger partial charge in [0.2, 0.25) is 23.6 Å². The molecule has 0 aliphatic carbocycles. The summed E-state index contributed by atoms with van der Waals surface area (Å²) in [6.07, 6.45) is 0. The highest BCUT2D eigenvalue weighted by atomic mass is 16.2. The van der Waals surface area contributed by atoms with Gasteiger partial charge in [0.05, 0.1) is 26.2 Å². The van der Waals surface area contributed by atoms with Crippen LogP contribution in [0, 0.1) is 0 Å². The maximum Gasteiger partial charge on any atom is 0.248 e. The van der Waals surface area contributed by atoms with Crippen LogP contribution < -0.4 is 21.7 Å². The van der Waals surface area contributed by atoms with Crippen molar-refractivity contribution in [1.82, 2.24) is 61.3 Å². The Morgan fingerprint density at radius 2 is 0.550 bits per heavy atom. The minimum atomic E-state index is -0.135. The van der Waals surface area contributed by atoms with E-state index >= 15 is 0 Å². The number of hydrazine groups is 4. The van der Waals surface area contributed by atoms with Crippen LogP contribution in [0.1, 0.15) is 0 Å². The zero-order valence-electron chi connectivity index (χ0n) is 25.7. The lowest BCUT2D eigenvalue weighted by molar-refractivity contribution is -0.128. The number of hydrogen-bond donors (Lipinski definition) is 4. The number of hydrogen-bond acceptors (Lipinski definition) is 12. The molecule has 4 N–H and O–H groups in total. The Morgan fingerprint density at radius 1 is 0.400 bits per heavy atom. The zero-order chi connectivity index (χ0) is 30.2. The largest absolute Gasteiger partial charge is 0.292 e. The van der Waals surface area contributed by atoms with Crippen LogP contribution in [0.15, 0.2) is 0 Å². The molecule has 0 radical (unpaired) electrons. The van der Waals surface area contributed by atoms with Crippen LogP contribution in [0.25, 0.3) is 0 Å². The average molecular weight is 573 g/mol. The minimum Gasteiger partial charge on any atom is -0.292 e. The fraction of sp³-hybridized carbons (Fsp3) is 0.833. The molecule has 1 fully saturated rings. The van der Waals surface area contributed by atoms with Gasteiger partial charge >= 0.3 is 0 Å². The van der Waals surface area contributed by atoms with Gasteiger partial charge in [0.1, 0.15) is 0 Å². The van der Waals surface area contributed by atoms with Gasteiger partial charge in [-0.05, 0) is 0 Å². The number of carbonyl (C=O) groups is 4. The van der Waals surface area contributed by atoms with E-state index in [1.807, 2.05) is 19.6 Å². The van der Waals surface area contributed by atoms with E-state index < -0.39 is 0 Å². The first-order valence-corrected chi connectivity index (χ1v) is 13.5. The second-order valence-electron chi connectivity index (χ2n) is 10.8. The van der Waals surface area contributed by atoms with Crippen molar-refractivity contribution in [2.24, 2.45) is 0 Å². The SMILES string of the molecule is CN(C)NC(=O)CN1CCN(CC(=O)NN(C)C)CCN(CC(=O)NN(C)C)CCN(CC(=O)NN(C)C)CC1. The topological polar surface area (TPSA) is 142 Å². The van der Waals surface area contributed by atoms with E-state index in [9.17, 15) is 19.2 Å². The molecular formula is C24H52N12O4. The van der Waals surface area contributed by atoms with Gasteiger partial charge in [0.25, 0.3) is 0 Å². The molecule has 0 spiro atoms. The third kappa shape index (κ3) is 17.3. The first-order valence-electron chi connectivity index (χ1n) is 13.5. The lowest BCUT2D eigenvalue weighted by Crippen LogP contribution is -2.53. The summed E-state index contributed by atoms with van der Waals surface area (Å²) in [5, 5.41) is 6.43. The molecule has 40 heavy (non-hydrogen) atoms. The van der Waals surface area contributed by atoms with Crippen molar-refractivity contribution >= 4 is 23.6 Å². The molecule has 0 saturated carbocycles. The maximum atomic E-state index is 12.6. The maximum absolute atomic E-state index is 12.6. The standard InChI is InChI=1S/C24H52N12O4/c1-29(2)25-21(37)17-33-9-11-34(18-22(38)26-30(3)4)13-15-36(20-24(40)28-32(7)8)16-14-35(12-10-33)19-23(39)27-31(5)6/h9-20H2,1-8H3,(H,25,37)(H,26,38)(H,27,39)(H,28,40). The predicted octanol–water partition coefficient (Wildman–Crippen LogP) is -4.42. The summed E-state index contributed by atoms with van der Waals surface area (Å²) in [6, 6.07) is 0. The van der Waals surface area contributed by atoms with E-state index in [-0.39, 0.29) is 49.8 Å². The fourth-order valence-electron chi connectivity index (χ4n) is 4.16. The molecule has 1 aliphatic rings. The van der Waals surface area contributed by atoms with Gasteiger partial charge in [-0.25, -0.2) is 20.0 Å². The molecular weight excluding hydrogens is 520 g/mol. The molecule has 0 unspecified atom stereocenters. The number of carbonyl (C=O) groups excluding carboxylic acids is 4. The third-order valence-corrected chi connectivity index (χ3v) is 5.79. The highest BCUT2D eigenvalue weighted by Crippen LogP contribution is 2.02. The number of rotatable bonds is 12. The molecule has 0 aromatic rings. The number of nitrogens with one attached hydrogen (secondary N) is 4. The first kappa shape index (κ1) is 35.6. The second kappa shape index (κ2) is 18.8. The van der Waals surface area contributed by atoms with Crippen molar-refractivity contribution < 1.29 is 19.2 Å². The summed E-state index contributed by atoms with van der Waals surface area (Å²) < 4.78 is 0. The van der Waals surface area contributed by atoms with E-state index in [0.717, 1.165) is 0 Å². The van der Waals surface area contributed by atoms with Crippen LogP contribution in [0.5, 0.6) is 0 Å². The minimum absolute atomic E-state index is 0.135. The van der Waals surface area contributed by atoms with Crippen molar-refractivity contribution in [2.75, 3.05) is 135 Å². The molecule has 0 atom stereocenters. The van der Waals surface area contributed by atoms with Gasteiger partial charge in [-0.15, -0.1) is 0 Å². The molecule has 0 bridgehead atoms. The van der Waals surface area contributed by atoms with Crippen LogP contribution in [0.2, 0.25) is 0 Å². The van der Waals surface area contributed by atoms with Crippen LogP contribution in [0.3, 0.4) is 0 Å². The Balaban J connectivity index is 3.12. The first-order chi connectivity index (χ1) is 18.7. The van der Waals surface area contributed by atoms with Crippen LogP contribution in [-0.4, -0.2) is 198 Å². The Morgan fingerprint density at radius 3 is 0.675 bits per heavy atom. The van der Waals surface area contributed by atoms with Crippen molar-refractivity contribution in [3.8, 4) is 0 Å². The molecule has 1 heterocycles. The van der Waals surface area contributed by atoms with Gasteiger partial charge in [-0.3, -0.25) is 60.5 Å². The lowest BCUT2D eigenvalue weighted by Gasteiger charge is -2.34. The lowest BCUT2D eigenvalue weighted by atomic mass is 10.3. The quantitative estimate of drug-likeness (QED) is 0.168. The van der Waals surface area contributed by atoms with Crippen molar-refractivity contribution in [3.63, 3.8) is 0 Å². The van der Waals surface area contributed by atoms with E-state index in [2.05, 4.69) is 21.7 Å². The molecule has 0 aromatic carbocycles. The molecule has 16 heteroatoms. The van der Waals surface area contributed by atoms with E-state index in [0.29, 0.717) is 52.4 Å². The number of amides is 4. The van der Waals surface area contributed by atoms with Crippen molar-refractivity contribution in [2.45, 2.75) is 0 Å². The van der Waals surface area contributed by atoms with Gasteiger partial charge in [-0.1, -0.05) is 0 Å². The van der Waals surface area contributed by atoms with Gasteiger partial charge in [0, 0.05) is 109 Å². The normalized spacial score (nSPS) is 17.5. The molecule has 16 nitrogen and oxygen atoms in total. The summed E-state index contributed by atoms with van der Waals surface area (Å²) in [5.41, 5.74) is 11.1. The molecule has 1 aliphatic heterocycles. The Kier molecular flexibility index (Phi) is 16.7. The monoisotopic (exact) mass is 572 g/mol.